The van der Waals surface area contributed by atoms with Crippen molar-refractivity contribution in [3.05, 3.63) is 154 Å². The first-order valence-corrected chi connectivity index (χ1v) is 25.8. The molecule has 0 fully saturated rings. The van der Waals surface area contributed by atoms with Crippen molar-refractivity contribution in [3.8, 4) is 0 Å². The van der Waals surface area contributed by atoms with Gasteiger partial charge in [-0.3, -0.25) is 0 Å². The van der Waals surface area contributed by atoms with Gasteiger partial charge in [0.05, 0.1) is 0 Å². The number of hydrogen-bond acceptors (Lipinski definition) is 0. The van der Waals surface area contributed by atoms with E-state index in [-0.39, 0.29) is 0 Å². The molecule has 4 aromatic carbocycles. The summed E-state index contributed by atoms with van der Waals surface area (Å²) in [6.45, 7) is 7.71. The molecule has 2 aliphatic rings. The number of rotatable bonds is 7. The monoisotopic (exact) mass is 615 g/mol. The topological polar surface area (TPSA) is 0 Å². The molecule has 0 aromatic heterocycles. The van der Waals surface area contributed by atoms with Crippen LogP contribution < -0.4 is 0 Å². The summed E-state index contributed by atoms with van der Waals surface area (Å²) < 4.78 is -0.917. The van der Waals surface area contributed by atoms with Crippen LogP contribution in [0.5, 0.6) is 0 Å². The Morgan fingerprint density at radius 1 is 0.550 bits per heavy atom. The molecular formula is C36H37Cl2SiTi. The molecule has 0 radical (unpaired) electrons. The molecule has 0 aliphatic heterocycles. The minimum atomic E-state index is -4.90. The molecule has 2 atom stereocenters. The van der Waals surface area contributed by atoms with Gasteiger partial charge >= 0.3 is 251 Å². The van der Waals surface area contributed by atoms with E-state index in [0.717, 1.165) is 12.8 Å². The van der Waals surface area contributed by atoms with Crippen molar-refractivity contribution in [2.75, 3.05) is 0 Å². The van der Waals surface area contributed by atoms with E-state index < -0.39 is 26.5 Å². The van der Waals surface area contributed by atoms with Gasteiger partial charge in [0, 0.05) is 0 Å². The van der Waals surface area contributed by atoms with Gasteiger partial charge in [-0.15, -0.1) is 0 Å². The Hall–Kier alpha value is -2.13. The molecule has 0 nitrogen and oxygen atoms in total. The van der Waals surface area contributed by atoms with Crippen LogP contribution in [0.4, 0.5) is 0 Å². The number of hydrogen-bond donors (Lipinski definition) is 0. The van der Waals surface area contributed by atoms with E-state index in [9.17, 15) is 0 Å². The fraction of sp³-hybridized carbons (Fsp3) is 0.222. The van der Waals surface area contributed by atoms with Crippen LogP contribution in [0, 0.1) is 0 Å². The van der Waals surface area contributed by atoms with E-state index >= 15 is 0 Å². The first kappa shape index (κ1) is 28.0. The third-order valence-electron chi connectivity index (χ3n) is 10.1. The van der Waals surface area contributed by atoms with Gasteiger partial charge in [0.2, 0.25) is 0 Å². The van der Waals surface area contributed by atoms with Crippen molar-refractivity contribution in [1.82, 2.24) is 0 Å². The summed E-state index contributed by atoms with van der Waals surface area (Å²) in [5.74, 6) is 0. The molecule has 0 heterocycles. The SMILES string of the molecule is CC1=Cc2ccccc2[C]1(Cc1ccccc1)[Ti]([Cl])([Cl])([SiH](C)C)[C]1(Cc2ccccc2)C(C)=Cc2ccccc21. The zero-order valence-corrected chi connectivity index (χ0v) is 28.0. The van der Waals surface area contributed by atoms with Gasteiger partial charge in [-0.2, -0.15) is 0 Å². The predicted octanol–water partition coefficient (Wildman–Crippen LogP) is 10.1. The Balaban J connectivity index is 1.77. The summed E-state index contributed by atoms with van der Waals surface area (Å²) in [7, 11) is 17.9. The van der Waals surface area contributed by atoms with Crippen molar-refractivity contribution >= 4 is 37.4 Å². The second-order valence-corrected chi connectivity index (χ2v) is 41.0. The van der Waals surface area contributed by atoms with E-state index in [1.165, 1.54) is 44.5 Å². The molecule has 0 saturated heterocycles. The van der Waals surface area contributed by atoms with E-state index in [0.29, 0.717) is 0 Å². The van der Waals surface area contributed by atoms with Crippen LogP contribution in [0.2, 0.25) is 13.1 Å². The van der Waals surface area contributed by atoms with E-state index in [2.05, 4.69) is 148 Å². The van der Waals surface area contributed by atoms with Crippen LogP contribution in [-0.2, 0) is 32.7 Å². The molecule has 40 heavy (non-hydrogen) atoms. The Bertz CT molecular complexity index is 1520. The van der Waals surface area contributed by atoms with Crippen LogP contribution in [0.25, 0.3) is 12.2 Å². The molecule has 0 N–H and O–H groups in total. The van der Waals surface area contributed by atoms with Gasteiger partial charge < -0.3 is 0 Å². The standard InChI is InChI=1S/2C17H15.C2H7Si.2ClH.Ti/c2*1-13-11-15-9-5-6-10-16(15)17(13)12-14-7-3-2-4-8-14;1-3-2;;;/h2*2-11H,12H2,1H3;3H,1-2H3;2*1H;/q;;;;;+2/p-2. The summed E-state index contributed by atoms with van der Waals surface area (Å²) in [5.41, 5.74) is 10.4. The average Bonchev–Trinajstić information content (AvgIpc) is 3.41. The third kappa shape index (κ3) is 3.61. The van der Waals surface area contributed by atoms with Gasteiger partial charge in [-0.05, 0) is 0 Å². The van der Waals surface area contributed by atoms with E-state index in [1.807, 2.05) is 0 Å². The molecule has 6 rings (SSSR count). The molecule has 2 unspecified atom stereocenters. The number of fused-ring (bicyclic) bond motifs is 2. The normalized spacial score (nSPS) is 22.7. The van der Waals surface area contributed by atoms with Crippen LogP contribution in [0.15, 0.2) is 120 Å². The van der Waals surface area contributed by atoms with Gasteiger partial charge in [0.25, 0.3) is 0 Å². The second-order valence-electron chi connectivity index (χ2n) is 12.2. The quantitative estimate of drug-likeness (QED) is 0.181. The van der Waals surface area contributed by atoms with Gasteiger partial charge in [0.1, 0.15) is 0 Å². The number of halogens is 2. The Morgan fingerprint density at radius 2 is 0.900 bits per heavy atom. The molecule has 0 saturated carbocycles. The van der Waals surface area contributed by atoms with Gasteiger partial charge in [-0.25, -0.2) is 0 Å². The molecule has 0 amide bonds. The zero-order valence-electron chi connectivity index (χ0n) is 23.8. The van der Waals surface area contributed by atoms with Crippen LogP contribution in [-0.4, -0.2) is 6.66 Å². The molecule has 0 spiro atoms. The van der Waals surface area contributed by atoms with Crippen LogP contribution in [0.3, 0.4) is 0 Å². The Labute approximate surface area is 249 Å². The number of benzene rings is 4. The van der Waals surface area contributed by atoms with Gasteiger partial charge in [-0.1, -0.05) is 0 Å². The van der Waals surface area contributed by atoms with E-state index in [4.69, 9.17) is 18.6 Å². The predicted molar refractivity (Wildman–Crippen MR) is 174 cm³/mol. The fourth-order valence-corrected chi connectivity index (χ4v) is 36.3. The maximum atomic E-state index is 8.94. The summed E-state index contributed by atoms with van der Waals surface area (Å²) in [4.78, 5) is 0. The molecular weight excluding hydrogens is 579 g/mol. The fourth-order valence-electron chi connectivity index (χ4n) is 8.32. The van der Waals surface area contributed by atoms with Crippen molar-refractivity contribution in [3.63, 3.8) is 0 Å². The van der Waals surface area contributed by atoms with Crippen LogP contribution >= 0.6 is 18.6 Å². The molecule has 0 bridgehead atoms. The average molecular weight is 617 g/mol. The minimum absolute atomic E-state index is 0.458. The zero-order chi connectivity index (χ0) is 28.2. The summed E-state index contributed by atoms with van der Waals surface area (Å²) >= 11 is -4.90. The van der Waals surface area contributed by atoms with Crippen molar-refractivity contribution in [2.45, 2.75) is 47.2 Å². The van der Waals surface area contributed by atoms with Crippen molar-refractivity contribution in [2.24, 2.45) is 0 Å². The first-order chi connectivity index (χ1) is 19.2. The van der Waals surface area contributed by atoms with Crippen LogP contribution in [0.1, 0.15) is 47.2 Å². The molecule has 4 heteroatoms. The summed E-state index contributed by atoms with van der Waals surface area (Å²) in [6, 6.07) is 39.6. The molecule has 4 aromatic rings. The Kier molecular flexibility index (Phi) is 7.00. The molecule has 2 aliphatic carbocycles. The Morgan fingerprint density at radius 3 is 1.27 bits per heavy atom. The van der Waals surface area contributed by atoms with Gasteiger partial charge in [0.15, 0.2) is 0 Å². The van der Waals surface area contributed by atoms with Crippen molar-refractivity contribution < 1.29 is 12.4 Å². The summed E-state index contributed by atoms with van der Waals surface area (Å²) in [6.07, 6.45) is 6.40. The second kappa shape index (κ2) is 10.0. The van der Waals surface area contributed by atoms with Crippen molar-refractivity contribution in [1.29, 1.82) is 0 Å². The number of allylic oxidation sites excluding steroid dienone is 2. The first-order valence-electron chi connectivity index (χ1n) is 14.4. The third-order valence-corrected chi connectivity index (χ3v) is 49.4. The molecule has 203 valence electrons. The maximum absolute atomic E-state index is 8.94. The van der Waals surface area contributed by atoms with E-state index in [1.54, 1.807) is 0 Å². The summed E-state index contributed by atoms with van der Waals surface area (Å²) in [5, 5.41) is 0.